The van der Waals surface area contributed by atoms with E-state index in [0.29, 0.717) is 5.75 Å². The molecule has 2 aromatic rings. The number of amides is 1. The molecule has 0 atom stereocenters. The van der Waals surface area contributed by atoms with Gasteiger partial charge < -0.3 is 15.1 Å². The summed E-state index contributed by atoms with van der Waals surface area (Å²) in [6.07, 6.45) is 0. The highest BCUT2D eigenvalue weighted by Crippen LogP contribution is 2.26. The van der Waals surface area contributed by atoms with Crippen molar-refractivity contribution < 1.29 is 4.79 Å². The van der Waals surface area contributed by atoms with Gasteiger partial charge in [0.05, 0.1) is 5.75 Å². The second-order valence-corrected chi connectivity index (χ2v) is 8.54. The van der Waals surface area contributed by atoms with Gasteiger partial charge in [0.15, 0.2) is 0 Å². The van der Waals surface area contributed by atoms with E-state index in [2.05, 4.69) is 73.1 Å². The first-order valence-electron chi connectivity index (χ1n) is 10.0. The molecule has 0 spiro atoms. The van der Waals surface area contributed by atoms with Crippen LogP contribution in [0.1, 0.15) is 23.6 Å². The van der Waals surface area contributed by atoms with Crippen molar-refractivity contribution in [3.05, 3.63) is 53.1 Å². The number of piperazine rings is 1. The van der Waals surface area contributed by atoms with Crippen molar-refractivity contribution in [2.75, 3.05) is 48.7 Å². The highest BCUT2D eigenvalue weighted by Gasteiger charge is 2.16. The number of nitrogens with one attached hydrogen (secondary N) is 1. The van der Waals surface area contributed by atoms with Crippen LogP contribution in [0.3, 0.4) is 0 Å². The van der Waals surface area contributed by atoms with Crippen molar-refractivity contribution in [3.63, 3.8) is 0 Å². The Labute approximate surface area is 173 Å². The molecule has 0 unspecified atom stereocenters. The van der Waals surface area contributed by atoms with E-state index in [1.807, 2.05) is 6.07 Å². The maximum atomic E-state index is 12.4. The Bertz CT molecular complexity index is 829. The molecule has 5 heteroatoms. The van der Waals surface area contributed by atoms with E-state index in [9.17, 15) is 4.79 Å². The van der Waals surface area contributed by atoms with Gasteiger partial charge in [0.1, 0.15) is 0 Å². The molecule has 0 aliphatic carbocycles. The molecule has 1 aliphatic heterocycles. The summed E-state index contributed by atoms with van der Waals surface area (Å²) >= 11 is 1.60. The standard InChI is InChI=1S/C23H31N3OS/c1-5-25-10-12-26(13-11-25)20-8-9-21(19(4)15-20)24-23(27)16-28-22-14-17(2)6-7-18(22)3/h6-9,14-15H,5,10-13,16H2,1-4H3,(H,24,27). The first-order valence-corrected chi connectivity index (χ1v) is 11.0. The Hall–Kier alpha value is -1.98. The van der Waals surface area contributed by atoms with Crippen LogP contribution in [0.25, 0.3) is 0 Å². The van der Waals surface area contributed by atoms with Crippen LogP contribution in [0.15, 0.2) is 41.3 Å². The van der Waals surface area contributed by atoms with E-state index in [1.165, 1.54) is 21.7 Å². The van der Waals surface area contributed by atoms with Gasteiger partial charge in [-0.2, -0.15) is 0 Å². The Balaban J connectivity index is 1.57. The van der Waals surface area contributed by atoms with Crippen LogP contribution in [0, 0.1) is 20.8 Å². The quantitative estimate of drug-likeness (QED) is 0.729. The van der Waals surface area contributed by atoms with Crippen molar-refractivity contribution in [3.8, 4) is 0 Å². The molecule has 28 heavy (non-hydrogen) atoms. The number of hydrogen-bond acceptors (Lipinski definition) is 4. The fraction of sp³-hybridized carbons (Fsp3) is 0.435. The minimum absolute atomic E-state index is 0.0401. The van der Waals surface area contributed by atoms with E-state index >= 15 is 0 Å². The lowest BCUT2D eigenvalue weighted by molar-refractivity contribution is -0.113. The zero-order valence-electron chi connectivity index (χ0n) is 17.4. The number of benzene rings is 2. The van der Waals surface area contributed by atoms with Crippen molar-refractivity contribution in [1.82, 2.24) is 4.90 Å². The molecule has 0 saturated carbocycles. The topological polar surface area (TPSA) is 35.6 Å². The number of thioether (sulfide) groups is 1. The zero-order valence-corrected chi connectivity index (χ0v) is 18.2. The largest absolute Gasteiger partial charge is 0.369 e. The van der Waals surface area contributed by atoms with Crippen molar-refractivity contribution in [2.45, 2.75) is 32.6 Å². The molecule has 4 nitrogen and oxygen atoms in total. The number of nitrogens with zero attached hydrogens (tertiary/aromatic N) is 2. The lowest BCUT2D eigenvalue weighted by Gasteiger charge is -2.35. The maximum absolute atomic E-state index is 12.4. The van der Waals surface area contributed by atoms with Crippen molar-refractivity contribution in [2.24, 2.45) is 0 Å². The summed E-state index contributed by atoms with van der Waals surface area (Å²) in [6.45, 7) is 13.9. The highest BCUT2D eigenvalue weighted by atomic mass is 32.2. The van der Waals surface area contributed by atoms with Crippen molar-refractivity contribution >= 4 is 29.0 Å². The minimum Gasteiger partial charge on any atom is -0.369 e. The molecule has 3 rings (SSSR count). The van der Waals surface area contributed by atoms with Crippen molar-refractivity contribution in [1.29, 1.82) is 0 Å². The third-order valence-electron chi connectivity index (χ3n) is 5.37. The molecular weight excluding hydrogens is 366 g/mol. The van der Waals surface area contributed by atoms with Crippen LogP contribution in [-0.2, 0) is 4.79 Å². The van der Waals surface area contributed by atoms with Crippen LogP contribution < -0.4 is 10.2 Å². The molecule has 2 aromatic carbocycles. The Morgan fingerprint density at radius 1 is 1.00 bits per heavy atom. The molecule has 0 aromatic heterocycles. The lowest BCUT2D eigenvalue weighted by atomic mass is 10.1. The van der Waals surface area contributed by atoms with Crippen LogP contribution in [0.5, 0.6) is 0 Å². The predicted octanol–water partition coefficient (Wildman–Crippen LogP) is 4.48. The number of hydrogen-bond donors (Lipinski definition) is 1. The molecular formula is C23H31N3OS. The van der Waals surface area contributed by atoms with Gasteiger partial charge in [-0.05, 0) is 62.7 Å². The van der Waals surface area contributed by atoms with Crippen LogP contribution in [0.4, 0.5) is 11.4 Å². The normalized spacial score (nSPS) is 14.9. The predicted molar refractivity (Wildman–Crippen MR) is 121 cm³/mol. The maximum Gasteiger partial charge on any atom is 0.234 e. The minimum atomic E-state index is 0.0401. The molecule has 1 heterocycles. The summed E-state index contributed by atoms with van der Waals surface area (Å²) in [7, 11) is 0. The SMILES string of the molecule is CCN1CCN(c2ccc(NC(=O)CSc3cc(C)ccc3C)c(C)c2)CC1. The Kier molecular flexibility index (Phi) is 7.03. The van der Waals surface area contributed by atoms with Gasteiger partial charge in [-0.3, -0.25) is 4.79 Å². The molecule has 0 bridgehead atoms. The lowest BCUT2D eigenvalue weighted by Crippen LogP contribution is -2.46. The first-order chi connectivity index (χ1) is 13.5. The smallest absolute Gasteiger partial charge is 0.234 e. The molecule has 1 fully saturated rings. The summed E-state index contributed by atoms with van der Waals surface area (Å²) in [6, 6.07) is 12.7. The van der Waals surface area contributed by atoms with Crippen LogP contribution in [-0.4, -0.2) is 49.3 Å². The van der Waals surface area contributed by atoms with Crippen LogP contribution in [0.2, 0.25) is 0 Å². The number of carbonyl (C=O) groups is 1. The zero-order chi connectivity index (χ0) is 20.1. The third-order valence-corrected chi connectivity index (χ3v) is 6.53. The second-order valence-electron chi connectivity index (χ2n) is 7.53. The number of likely N-dealkylation sites (N-methyl/N-ethyl adjacent to an activating group) is 1. The molecule has 0 radical (unpaired) electrons. The first kappa shape index (κ1) is 20.7. The number of anilines is 2. The second kappa shape index (κ2) is 9.48. The molecule has 1 saturated heterocycles. The number of rotatable bonds is 6. The summed E-state index contributed by atoms with van der Waals surface area (Å²) in [5.41, 5.74) is 5.70. The average Bonchev–Trinajstić information content (AvgIpc) is 2.70. The third kappa shape index (κ3) is 5.30. The molecule has 1 aliphatic rings. The summed E-state index contributed by atoms with van der Waals surface area (Å²) < 4.78 is 0. The molecule has 150 valence electrons. The summed E-state index contributed by atoms with van der Waals surface area (Å²) in [4.78, 5) is 18.5. The summed E-state index contributed by atoms with van der Waals surface area (Å²) in [5.74, 6) is 0.461. The van der Waals surface area contributed by atoms with Gasteiger partial charge in [-0.15, -0.1) is 11.8 Å². The fourth-order valence-corrected chi connectivity index (χ4v) is 4.42. The van der Waals surface area contributed by atoms with E-state index in [4.69, 9.17) is 0 Å². The number of aryl methyl sites for hydroxylation is 3. The monoisotopic (exact) mass is 397 g/mol. The Morgan fingerprint density at radius 3 is 2.43 bits per heavy atom. The fourth-order valence-electron chi connectivity index (χ4n) is 3.50. The van der Waals surface area contributed by atoms with Gasteiger partial charge in [-0.1, -0.05) is 24.6 Å². The van der Waals surface area contributed by atoms with Crippen LogP contribution >= 0.6 is 11.8 Å². The Morgan fingerprint density at radius 2 is 1.75 bits per heavy atom. The number of carbonyl (C=O) groups excluding carboxylic acids is 1. The average molecular weight is 398 g/mol. The molecule has 1 amide bonds. The van der Waals surface area contributed by atoms with Gasteiger partial charge in [0, 0.05) is 42.4 Å². The van der Waals surface area contributed by atoms with E-state index in [0.717, 1.165) is 44.0 Å². The van der Waals surface area contributed by atoms with Gasteiger partial charge in [0.25, 0.3) is 0 Å². The van der Waals surface area contributed by atoms with Gasteiger partial charge in [0.2, 0.25) is 5.91 Å². The van der Waals surface area contributed by atoms with E-state index in [-0.39, 0.29) is 5.91 Å². The van der Waals surface area contributed by atoms with Gasteiger partial charge >= 0.3 is 0 Å². The summed E-state index contributed by atoms with van der Waals surface area (Å²) in [5, 5.41) is 3.07. The molecule has 1 N–H and O–H groups in total. The van der Waals surface area contributed by atoms with E-state index < -0.39 is 0 Å². The van der Waals surface area contributed by atoms with Gasteiger partial charge in [-0.25, -0.2) is 0 Å². The highest BCUT2D eigenvalue weighted by molar-refractivity contribution is 8.00. The van der Waals surface area contributed by atoms with E-state index in [1.54, 1.807) is 11.8 Å².